The van der Waals surface area contributed by atoms with Crippen LogP contribution in [0.3, 0.4) is 0 Å². The average molecular weight is 385 g/mol. The van der Waals surface area contributed by atoms with E-state index in [0.29, 0.717) is 31.9 Å². The number of aromatic nitrogens is 2. The van der Waals surface area contributed by atoms with Crippen molar-refractivity contribution in [3.05, 3.63) is 41.1 Å². The summed E-state index contributed by atoms with van der Waals surface area (Å²) in [7, 11) is 5.46. The first-order valence-corrected chi connectivity index (χ1v) is 9.64. The van der Waals surface area contributed by atoms with Crippen LogP contribution in [-0.4, -0.2) is 70.1 Å². The molecule has 2 aliphatic rings. The van der Waals surface area contributed by atoms with Crippen LogP contribution in [0.15, 0.2) is 22.7 Å². The molecule has 0 bridgehead atoms. The lowest BCUT2D eigenvalue weighted by Crippen LogP contribution is -2.55. The highest BCUT2D eigenvalue weighted by Crippen LogP contribution is 2.41. The van der Waals surface area contributed by atoms with E-state index in [1.54, 1.807) is 25.1 Å². The normalized spacial score (nSPS) is 18.3. The summed E-state index contributed by atoms with van der Waals surface area (Å²) in [5.41, 5.74) is 1.93. The second-order valence-corrected chi connectivity index (χ2v) is 8.19. The number of carbonyl (C=O) groups excluding carboxylic acids is 2. The molecular formula is C20H27N5O3. The molecule has 0 aromatic carbocycles. The molecule has 2 aromatic heterocycles. The maximum Gasteiger partial charge on any atom is 0.319 e. The molecule has 0 saturated carbocycles. The zero-order valence-electron chi connectivity index (χ0n) is 16.9. The lowest BCUT2D eigenvalue weighted by atomic mass is 9.72. The highest BCUT2D eigenvalue weighted by atomic mass is 16.3. The van der Waals surface area contributed by atoms with Gasteiger partial charge in [0.25, 0.3) is 5.91 Å². The first kappa shape index (κ1) is 18.6. The Morgan fingerprint density at radius 3 is 2.50 bits per heavy atom. The number of nitrogens with zero attached hydrogens (tertiary/aromatic N) is 5. The van der Waals surface area contributed by atoms with Gasteiger partial charge in [-0.3, -0.25) is 9.48 Å². The number of hydrogen-bond acceptors (Lipinski definition) is 4. The fourth-order valence-corrected chi connectivity index (χ4v) is 4.45. The van der Waals surface area contributed by atoms with E-state index in [-0.39, 0.29) is 17.4 Å². The van der Waals surface area contributed by atoms with Gasteiger partial charge >= 0.3 is 6.03 Å². The first-order chi connectivity index (χ1) is 13.3. The van der Waals surface area contributed by atoms with Crippen molar-refractivity contribution in [2.75, 3.05) is 33.7 Å². The standard InChI is InChI=1S/C20H27N5O3/c1-14-5-6-16(28-14)18(26)25-12-15-11-23(4)21-17(15)20(13-25)7-9-24(10-8-20)19(27)22(2)3/h5-6,11H,7-10,12-13H2,1-4H3. The summed E-state index contributed by atoms with van der Waals surface area (Å²) in [4.78, 5) is 30.7. The minimum absolute atomic E-state index is 0.0332. The number of amides is 3. The zero-order valence-corrected chi connectivity index (χ0v) is 16.9. The number of carbonyl (C=O) groups is 2. The number of furan rings is 1. The summed E-state index contributed by atoms with van der Waals surface area (Å²) < 4.78 is 7.40. The Hall–Kier alpha value is -2.77. The topological polar surface area (TPSA) is 74.8 Å². The molecule has 3 amide bonds. The van der Waals surface area contributed by atoms with Crippen molar-refractivity contribution in [2.45, 2.75) is 31.7 Å². The van der Waals surface area contributed by atoms with Crippen LogP contribution in [0.25, 0.3) is 0 Å². The second kappa shape index (κ2) is 6.68. The Kier molecular flexibility index (Phi) is 4.44. The van der Waals surface area contributed by atoms with Crippen molar-refractivity contribution in [2.24, 2.45) is 7.05 Å². The smallest absolute Gasteiger partial charge is 0.319 e. The molecule has 4 heterocycles. The molecular weight excluding hydrogens is 358 g/mol. The van der Waals surface area contributed by atoms with Crippen molar-refractivity contribution in [3.8, 4) is 0 Å². The van der Waals surface area contributed by atoms with E-state index in [1.807, 2.05) is 40.7 Å². The van der Waals surface area contributed by atoms with Gasteiger partial charge in [0.15, 0.2) is 5.76 Å². The fraction of sp³-hybridized carbons (Fsp3) is 0.550. The number of hydrogen-bond donors (Lipinski definition) is 0. The van der Waals surface area contributed by atoms with Gasteiger partial charge < -0.3 is 19.1 Å². The van der Waals surface area contributed by atoms with E-state index in [2.05, 4.69) is 0 Å². The van der Waals surface area contributed by atoms with Gasteiger partial charge in [-0.25, -0.2) is 4.79 Å². The molecule has 8 heteroatoms. The molecule has 0 atom stereocenters. The van der Waals surface area contributed by atoms with Crippen molar-refractivity contribution < 1.29 is 14.0 Å². The summed E-state index contributed by atoms with van der Waals surface area (Å²) in [6.07, 6.45) is 3.58. The molecule has 8 nitrogen and oxygen atoms in total. The molecule has 0 unspecified atom stereocenters. The van der Waals surface area contributed by atoms with Gasteiger partial charge in [-0.15, -0.1) is 0 Å². The SMILES string of the molecule is Cc1ccc(C(=O)N2Cc3cn(C)nc3C3(CCN(C(=O)N(C)C)CC3)C2)o1. The average Bonchev–Trinajstić information content (AvgIpc) is 3.26. The van der Waals surface area contributed by atoms with Gasteiger partial charge in [0, 0.05) is 64.5 Å². The largest absolute Gasteiger partial charge is 0.456 e. The van der Waals surface area contributed by atoms with Gasteiger partial charge in [0.2, 0.25) is 0 Å². The van der Waals surface area contributed by atoms with Gasteiger partial charge in [-0.05, 0) is 31.9 Å². The van der Waals surface area contributed by atoms with Crippen LogP contribution in [0.4, 0.5) is 4.79 Å². The lowest BCUT2D eigenvalue weighted by molar-refractivity contribution is 0.0554. The highest BCUT2D eigenvalue weighted by molar-refractivity contribution is 5.91. The lowest BCUT2D eigenvalue weighted by Gasteiger charge is -2.46. The van der Waals surface area contributed by atoms with Gasteiger partial charge in [-0.1, -0.05) is 0 Å². The molecule has 1 saturated heterocycles. The Morgan fingerprint density at radius 1 is 1.18 bits per heavy atom. The molecule has 0 N–H and O–H groups in total. The van der Waals surface area contributed by atoms with E-state index in [1.165, 1.54) is 0 Å². The second-order valence-electron chi connectivity index (χ2n) is 8.19. The van der Waals surface area contributed by atoms with Gasteiger partial charge in [-0.2, -0.15) is 5.10 Å². The third-order valence-corrected chi connectivity index (χ3v) is 5.87. The van der Waals surface area contributed by atoms with E-state index in [0.717, 1.165) is 29.9 Å². The number of likely N-dealkylation sites (tertiary alicyclic amines) is 1. The van der Waals surface area contributed by atoms with E-state index in [9.17, 15) is 9.59 Å². The monoisotopic (exact) mass is 385 g/mol. The van der Waals surface area contributed by atoms with Crippen LogP contribution in [-0.2, 0) is 19.0 Å². The van der Waals surface area contributed by atoms with E-state index in [4.69, 9.17) is 9.52 Å². The predicted octanol–water partition coefficient (Wildman–Crippen LogP) is 1.99. The molecule has 150 valence electrons. The summed E-state index contributed by atoms with van der Waals surface area (Å²) in [5.74, 6) is 1.02. The first-order valence-electron chi connectivity index (χ1n) is 9.64. The molecule has 4 rings (SSSR count). The summed E-state index contributed by atoms with van der Waals surface area (Å²) in [6, 6.07) is 3.58. The number of rotatable bonds is 1. The molecule has 1 spiro atoms. The molecule has 0 aliphatic carbocycles. The van der Waals surface area contributed by atoms with Crippen molar-refractivity contribution >= 4 is 11.9 Å². The molecule has 28 heavy (non-hydrogen) atoms. The summed E-state index contributed by atoms with van der Waals surface area (Å²) >= 11 is 0. The predicted molar refractivity (Wildman–Crippen MR) is 103 cm³/mol. The quantitative estimate of drug-likeness (QED) is 0.752. The number of aryl methyl sites for hydroxylation is 2. The molecule has 2 aromatic rings. The number of urea groups is 1. The molecule has 0 radical (unpaired) electrons. The maximum absolute atomic E-state index is 13.1. The molecule has 1 fully saturated rings. The van der Waals surface area contributed by atoms with Gasteiger partial charge in [0.1, 0.15) is 5.76 Å². The van der Waals surface area contributed by atoms with Crippen LogP contribution < -0.4 is 0 Å². The Bertz CT molecular complexity index is 905. The van der Waals surface area contributed by atoms with Crippen LogP contribution in [0, 0.1) is 6.92 Å². The minimum Gasteiger partial charge on any atom is -0.456 e. The highest BCUT2D eigenvalue weighted by Gasteiger charge is 2.46. The third-order valence-electron chi connectivity index (χ3n) is 5.87. The maximum atomic E-state index is 13.1. The van der Waals surface area contributed by atoms with Crippen LogP contribution >= 0.6 is 0 Å². The Morgan fingerprint density at radius 2 is 1.89 bits per heavy atom. The van der Waals surface area contributed by atoms with Crippen molar-refractivity contribution in [1.82, 2.24) is 24.5 Å². The summed E-state index contributed by atoms with van der Waals surface area (Å²) in [5, 5.41) is 4.75. The van der Waals surface area contributed by atoms with Crippen LogP contribution in [0.1, 0.15) is 40.4 Å². The molecule has 2 aliphatic heterocycles. The fourth-order valence-electron chi connectivity index (χ4n) is 4.45. The Balaban J connectivity index is 1.61. The minimum atomic E-state index is -0.227. The van der Waals surface area contributed by atoms with E-state index >= 15 is 0 Å². The van der Waals surface area contributed by atoms with Crippen LogP contribution in [0.5, 0.6) is 0 Å². The van der Waals surface area contributed by atoms with Gasteiger partial charge in [0.05, 0.1) is 5.69 Å². The zero-order chi connectivity index (χ0) is 20.1. The van der Waals surface area contributed by atoms with Crippen molar-refractivity contribution in [1.29, 1.82) is 0 Å². The summed E-state index contributed by atoms with van der Waals surface area (Å²) in [6.45, 7) is 4.29. The van der Waals surface area contributed by atoms with Crippen molar-refractivity contribution in [3.63, 3.8) is 0 Å². The third kappa shape index (κ3) is 3.06. The van der Waals surface area contributed by atoms with E-state index < -0.39 is 0 Å². The van der Waals surface area contributed by atoms with Crippen LogP contribution in [0.2, 0.25) is 0 Å². The number of piperidine rings is 1. The number of fused-ring (bicyclic) bond motifs is 2. The Labute approximate surface area is 164 Å².